The van der Waals surface area contributed by atoms with Gasteiger partial charge in [0.15, 0.2) is 0 Å². The fourth-order valence-corrected chi connectivity index (χ4v) is 2.61. The number of fused-ring (bicyclic) bond motifs is 1. The van der Waals surface area contributed by atoms with E-state index in [0.29, 0.717) is 5.02 Å². The topological polar surface area (TPSA) is 29.1 Å². The van der Waals surface area contributed by atoms with Gasteiger partial charge in [-0.1, -0.05) is 48.0 Å². The number of carbonyl (C=O) groups excluding carboxylic acids is 1. The minimum absolute atomic E-state index is 0.0735. The minimum atomic E-state index is -0.0735. The van der Waals surface area contributed by atoms with Crippen LogP contribution in [0.4, 0.5) is 5.69 Å². The Hall–Kier alpha value is -2.32. The van der Waals surface area contributed by atoms with Gasteiger partial charge in [0, 0.05) is 23.0 Å². The molecular formula is C18H14ClNO. The fourth-order valence-electron chi connectivity index (χ4n) is 2.42. The van der Waals surface area contributed by atoms with Crippen molar-refractivity contribution in [1.29, 1.82) is 0 Å². The number of anilines is 1. The Labute approximate surface area is 128 Å². The first kappa shape index (κ1) is 13.7. The lowest BCUT2D eigenvalue weighted by atomic mass is 10.0. The van der Waals surface area contributed by atoms with E-state index in [9.17, 15) is 4.79 Å². The Morgan fingerprint density at radius 2 is 1.71 bits per heavy atom. The summed E-state index contributed by atoms with van der Waals surface area (Å²) < 4.78 is 0. The van der Waals surface area contributed by atoms with E-state index >= 15 is 0 Å². The summed E-state index contributed by atoms with van der Waals surface area (Å²) in [5.41, 5.74) is 2.95. The van der Waals surface area contributed by atoms with E-state index in [1.807, 2.05) is 42.5 Å². The summed E-state index contributed by atoms with van der Waals surface area (Å²) in [6.45, 7) is 1.51. The second-order valence-electron chi connectivity index (χ2n) is 4.93. The van der Waals surface area contributed by atoms with Gasteiger partial charge in [-0.05, 0) is 40.8 Å². The van der Waals surface area contributed by atoms with Crippen LogP contribution in [0.5, 0.6) is 0 Å². The van der Waals surface area contributed by atoms with Crippen molar-refractivity contribution in [3.05, 3.63) is 65.7 Å². The minimum Gasteiger partial charge on any atom is -0.326 e. The van der Waals surface area contributed by atoms with Crippen LogP contribution in [0.25, 0.3) is 21.9 Å². The number of benzene rings is 3. The zero-order valence-electron chi connectivity index (χ0n) is 11.6. The number of hydrogen-bond acceptors (Lipinski definition) is 1. The molecule has 2 nitrogen and oxygen atoms in total. The van der Waals surface area contributed by atoms with E-state index in [-0.39, 0.29) is 5.91 Å². The van der Waals surface area contributed by atoms with Crippen molar-refractivity contribution in [3.8, 4) is 11.1 Å². The molecule has 0 aliphatic carbocycles. The molecule has 0 unspecified atom stereocenters. The Bertz CT molecular complexity index is 826. The molecule has 3 aromatic carbocycles. The summed E-state index contributed by atoms with van der Waals surface area (Å²) >= 11 is 6.06. The molecule has 0 spiro atoms. The van der Waals surface area contributed by atoms with Crippen molar-refractivity contribution in [2.24, 2.45) is 0 Å². The maximum Gasteiger partial charge on any atom is 0.221 e. The van der Waals surface area contributed by atoms with E-state index in [2.05, 4.69) is 23.5 Å². The van der Waals surface area contributed by atoms with E-state index in [4.69, 9.17) is 11.6 Å². The van der Waals surface area contributed by atoms with Crippen molar-refractivity contribution < 1.29 is 4.79 Å². The summed E-state index contributed by atoms with van der Waals surface area (Å²) in [5.74, 6) is -0.0735. The van der Waals surface area contributed by atoms with Crippen molar-refractivity contribution in [1.82, 2.24) is 0 Å². The molecule has 0 saturated carbocycles. The lowest BCUT2D eigenvalue weighted by molar-refractivity contribution is -0.114. The van der Waals surface area contributed by atoms with Crippen molar-refractivity contribution in [3.63, 3.8) is 0 Å². The average Bonchev–Trinajstić information content (AvgIpc) is 2.47. The lowest BCUT2D eigenvalue weighted by Crippen LogP contribution is -2.05. The van der Waals surface area contributed by atoms with Gasteiger partial charge in [-0.3, -0.25) is 4.79 Å². The molecular weight excluding hydrogens is 282 g/mol. The smallest absolute Gasteiger partial charge is 0.221 e. The van der Waals surface area contributed by atoms with Crippen molar-refractivity contribution in [2.75, 3.05) is 5.32 Å². The van der Waals surface area contributed by atoms with Gasteiger partial charge < -0.3 is 5.32 Å². The van der Waals surface area contributed by atoms with Crippen LogP contribution in [0.3, 0.4) is 0 Å². The third-order valence-corrected chi connectivity index (χ3v) is 3.59. The Balaban J connectivity index is 2.16. The van der Waals surface area contributed by atoms with Crippen LogP contribution >= 0.6 is 11.6 Å². The second-order valence-corrected chi connectivity index (χ2v) is 5.37. The third-order valence-electron chi connectivity index (χ3n) is 3.35. The molecule has 0 fully saturated rings. The first-order valence-electron chi connectivity index (χ1n) is 6.70. The molecule has 0 bridgehead atoms. The maximum absolute atomic E-state index is 11.3. The van der Waals surface area contributed by atoms with Gasteiger partial charge in [0.1, 0.15) is 0 Å². The predicted molar refractivity (Wildman–Crippen MR) is 88.7 cm³/mol. The van der Waals surface area contributed by atoms with Gasteiger partial charge in [-0.15, -0.1) is 0 Å². The normalized spacial score (nSPS) is 10.6. The van der Waals surface area contributed by atoms with Crippen molar-refractivity contribution in [2.45, 2.75) is 6.92 Å². The van der Waals surface area contributed by atoms with Crippen LogP contribution in [-0.2, 0) is 4.79 Å². The highest BCUT2D eigenvalue weighted by atomic mass is 35.5. The molecule has 0 saturated heterocycles. The molecule has 0 atom stereocenters. The molecule has 0 radical (unpaired) electrons. The number of nitrogens with one attached hydrogen (secondary N) is 1. The second kappa shape index (κ2) is 5.58. The lowest BCUT2D eigenvalue weighted by Gasteiger charge is -2.09. The highest BCUT2D eigenvalue weighted by Crippen LogP contribution is 2.30. The largest absolute Gasteiger partial charge is 0.326 e. The molecule has 1 amide bonds. The fraction of sp³-hybridized carbons (Fsp3) is 0.0556. The first-order valence-corrected chi connectivity index (χ1v) is 7.07. The summed E-state index contributed by atoms with van der Waals surface area (Å²) in [6.07, 6.45) is 0. The first-order chi connectivity index (χ1) is 10.1. The molecule has 0 aliphatic rings. The molecule has 21 heavy (non-hydrogen) atoms. The highest BCUT2D eigenvalue weighted by molar-refractivity contribution is 6.30. The van der Waals surface area contributed by atoms with E-state index in [0.717, 1.165) is 27.6 Å². The number of carbonyl (C=O) groups is 1. The monoisotopic (exact) mass is 295 g/mol. The van der Waals surface area contributed by atoms with Crippen LogP contribution in [-0.4, -0.2) is 5.91 Å². The molecule has 3 rings (SSSR count). The van der Waals surface area contributed by atoms with Gasteiger partial charge in [-0.2, -0.15) is 0 Å². The summed E-state index contributed by atoms with van der Waals surface area (Å²) in [5, 5.41) is 5.69. The number of halogens is 1. The van der Waals surface area contributed by atoms with Crippen LogP contribution in [0, 0.1) is 0 Å². The number of amides is 1. The van der Waals surface area contributed by atoms with Gasteiger partial charge in [-0.25, -0.2) is 0 Å². The van der Waals surface area contributed by atoms with E-state index in [1.165, 1.54) is 6.92 Å². The average molecular weight is 296 g/mol. The number of rotatable bonds is 2. The SMILES string of the molecule is CC(=O)Nc1cccc2ccc(-c3cccc(Cl)c3)cc12. The zero-order chi connectivity index (χ0) is 14.8. The van der Waals surface area contributed by atoms with Crippen molar-refractivity contribution >= 4 is 34.0 Å². The molecule has 3 aromatic rings. The third kappa shape index (κ3) is 2.91. The predicted octanol–water partition coefficient (Wildman–Crippen LogP) is 5.12. The zero-order valence-corrected chi connectivity index (χ0v) is 12.3. The van der Waals surface area contributed by atoms with Gasteiger partial charge in [0.25, 0.3) is 0 Å². The van der Waals surface area contributed by atoms with Crippen LogP contribution in [0.1, 0.15) is 6.92 Å². The Kier molecular flexibility index (Phi) is 3.63. The standard InChI is InChI=1S/C18H14ClNO/c1-12(21)20-18-7-3-4-13-8-9-15(11-17(13)18)14-5-2-6-16(19)10-14/h2-11H,1H3,(H,20,21). The molecule has 0 heterocycles. The van der Waals surface area contributed by atoms with Gasteiger partial charge in [0.05, 0.1) is 0 Å². The maximum atomic E-state index is 11.3. The quantitative estimate of drug-likeness (QED) is 0.698. The molecule has 0 aromatic heterocycles. The molecule has 0 aliphatic heterocycles. The molecule has 104 valence electrons. The number of hydrogen-bond donors (Lipinski definition) is 1. The Morgan fingerprint density at radius 1 is 0.952 bits per heavy atom. The molecule has 3 heteroatoms. The van der Waals surface area contributed by atoms with E-state index < -0.39 is 0 Å². The van der Waals surface area contributed by atoms with E-state index in [1.54, 1.807) is 0 Å². The summed E-state index contributed by atoms with van der Waals surface area (Å²) in [6, 6.07) is 19.8. The molecule has 1 N–H and O–H groups in total. The Morgan fingerprint density at radius 3 is 2.48 bits per heavy atom. The van der Waals surface area contributed by atoms with Gasteiger partial charge >= 0.3 is 0 Å². The summed E-state index contributed by atoms with van der Waals surface area (Å²) in [4.78, 5) is 11.3. The van der Waals surface area contributed by atoms with Crippen LogP contribution < -0.4 is 5.32 Å². The van der Waals surface area contributed by atoms with Gasteiger partial charge in [0.2, 0.25) is 5.91 Å². The van der Waals surface area contributed by atoms with Crippen LogP contribution in [0.2, 0.25) is 5.02 Å². The summed E-state index contributed by atoms with van der Waals surface area (Å²) in [7, 11) is 0. The highest BCUT2D eigenvalue weighted by Gasteiger charge is 2.05. The van der Waals surface area contributed by atoms with Crippen LogP contribution in [0.15, 0.2) is 60.7 Å².